The zero-order valence-electron chi connectivity index (χ0n) is 7.13. The number of hydrogen-bond acceptors (Lipinski definition) is 1. The van der Waals surface area contributed by atoms with Crippen LogP contribution in [0.1, 0.15) is 20.3 Å². The molecule has 0 bridgehead atoms. The number of carbonyl (C=O) groups is 1. The van der Waals surface area contributed by atoms with Gasteiger partial charge in [0.2, 0.25) is 0 Å². The minimum Gasteiger partial charge on any atom is -0.299 e. The number of rotatable bonds is 4. The van der Waals surface area contributed by atoms with Crippen LogP contribution in [0, 0.1) is 0 Å². The first-order valence-corrected chi connectivity index (χ1v) is 3.60. The van der Waals surface area contributed by atoms with Crippen LogP contribution in [0.15, 0.2) is 36.0 Å². The lowest BCUT2D eigenvalue weighted by Crippen LogP contribution is -1.73. The van der Waals surface area contributed by atoms with Gasteiger partial charge in [-0.3, -0.25) is 4.79 Å². The topological polar surface area (TPSA) is 17.1 Å². The summed E-state index contributed by atoms with van der Waals surface area (Å²) < 4.78 is 0. The van der Waals surface area contributed by atoms with Crippen LogP contribution >= 0.6 is 0 Å². The Morgan fingerprint density at radius 3 is 2.55 bits per heavy atom. The lowest BCUT2D eigenvalue weighted by atomic mass is 10.2. The molecule has 0 unspecified atom stereocenters. The molecule has 0 heterocycles. The molecule has 0 amide bonds. The highest BCUT2D eigenvalue weighted by molar-refractivity contribution is 5.65. The number of aldehydes is 1. The zero-order valence-corrected chi connectivity index (χ0v) is 7.13. The minimum absolute atomic E-state index is 0.809. The maximum Gasteiger partial charge on any atom is 0.142 e. The molecule has 0 saturated carbocycles. The first-order chi connectivity index (χ1) is 5.16. The zero-order chi connectivity index (χ0) is 8.69. The highest BCUT2D eigenvalue weighted by atomic mass is 16.1. The van der Waals surface area contributed by atoms with Crippen LogP contribution in [0.25, 0.3) is 0 Å². The van der Waals surface area contributed by atoms with Crippen molar-refractivity contribution in [2.45, 2.75) is 20.3 Å². The SMILES string of the molecule is C=C(C)/C=C/C/C(C)=C/C=O. The molecule has 60 valence electrons. The molecule has 0 aliphatic carbocycles. The van der Waals surface area contributed by atoms with E-state index in [1.54, 1.807) is 6.08 Å². The predicted molar refractivity (Wildman–Crippen MR) is 48.4 cm³/mol. The molecular formula is C10H14O. The molecule has 0 aromatic heterocycles. The fourth-order valence-electron chi connectivity index (χ4n) is 0.630. The summed E-state index contributed by atoms with van der Waals surface area (Å²) in [5, 5.41) is 0. The van der Waals surface area contributed by atoms with Gasteiger partial charge in [-0.1, -0.05) is 29.9 Å². The third-order valence-corrected chi connectivity index (χ3v) is 1.19. The summed E-state index contributed by atoms with van der Waals surface area (Å²) in [5.74, 6) is 0. The second-order valence-electron chi connectivity index (χ2n) is 2.60. The fourth-order valence-corrected chi connectivity index (χ4v) is 0.630. The number of hydrogen-bond donors (Lipinski definition) is 0. The maximum absolute atomic E-state index is 9.99. The molecule has 1 nitrogen and oxygen atoms in total. The van der Waals surface area contributed by atoms with E-state index < -0.39 is 0 Å². The molecule has 0 rings (SSSR count). The van der Waals surface area contributed by atoms with Crippen molar-refractivity contribution >= 4 is 6.29 Å². The Bertz CT molecular complexity index is 197. The third-order valence-electron chi connectivity index (χ3n) is 1.19. The van der Waals surface area contributed by atoms with Gasteiger partial charge in [0.15, 0.2) is 0 Å². The Morgan fingerprint density at radius 1 is 1.45 bits per heavy atom. The molecular weight excluding hydrogens is 136 g/mol. The summed E-state index contributed by atoms with van der Waals surface area (Å²) in [5.41, 5.74) is 2.10. The van der Waals surface area contributed by atoms with Crippen molar-refractivity contribution in [2.75, 3.05) is 0 Å². The van der Waals surface area contributed by atoms with Crippen molar-refractivity contribution in [3.8, 4) is 0 Å². The molecule has 0 saturated heterocycles. The largest absolute Gasteiger partial charge is 0.299 e. The van der Waals surface area contributed by atoms with Crippen molar-refractivity contribution in [1.82, 2.24) is 0 Å². The Labute approximate surface area is 68.1 Å². The smallest absolute Gasteiger partial charge is 0.142 e. The van der Waals surface area contributed by atoms with Crippen LogP contribution in [0.3, 0.4) is 0 Å². The highest BCUT2D eigenvalue weighted by Crippen LogP contribution is 2.00. The van der Waals surface area contributed by atoms with E-state index in [2.05, 4.69) is 6.58 Å². The Morgan fingerprint density at radius 2 is 2.09 bits per heavy atom. The van der Waals surface area contributed by atoms with Gasteiger partial charge in [0, 0.05) is 0 Å². The normalized spacial score (nSPS) is 12.0. The van der Waals surface area contributed by atoms with E-state index in [1.807, 2.05) is 26.0 Å². The van der Waals surface area contributed by atoms with Gasteiger partial charge in [-0.25, -0.2) is 0 Å². The van der Waals surface area contributed by atoms with E-state index >= 15 is 0 Å². The van der Waals surface area contributed by atoms with Crippen molar-refractivity contribution in [3.05, 3.63) is 36.0 Å². The highest BCUT2D eigenvalue weighted by Gasteiger charge is 1.82. The predicted octanol–water partition coefficient (Wildman–Crippen LogP) is 2.65. The second-order valence-corrected chi connectivity index (χ2v) is 2.60. The first-order valence-electron chi connectivity index (χ1n) is 3.60. The minimum atomic E-state index is 0.809. The molecule has 11 heavy (non-hydrogen) atoms. The Balaban J connectivity index is 3.78. The quantitative estimate of drug-likeness (QED) is 0.342. The van der Waals surface area contributed by atoms with Crippen LogP contribution in [-0.2, 0) is 4.79 Å². The van der Waals surface area contributed by atoms with Crippen LogP contribution < -0.4 is 0 Å². The third kappa shape index (κ3) is 6.78. The van der Waals surface area contributed by atoms with Gasteiger partial charge in [-0.15, -0.1) is 0 Å². The van der Waals surface area contributed by atoms with Gasteiger partial charge in [0.25, 0.3) is 0 Å². The van der Waals surface area contributed by atoms with Crippen LogP contribution in [0.2, 0.25) is 0 Å². The van der Waals surface area contributed by atoms with Gasteiger partial charge in [-0.05, 0) is 26.3 Å². The number of carbonyl (C=O) groups excluding carboxylic acids is 1. The van der Waals surface area contributed by atoms with Crippen LogP contribution in [-0.4, -0.2) is 6.29 Å². The van der Waals surface area contributed by atoms with Crippen molar-refractivity contribution in [1.29, 1.82) is 0 Å². The van der Waals surface area contributed by atoms with Crippen molar-refractivity contribution in [3.63, 3.8) is 0 Å². The fraction of sp³-hybridized carbons (Fsp3) is 0.300. The molecule has 0 atom stereocenters. The standard InChI is InChI=1S/C10H14O/c1-9(2)5-4-6-10(3)7-8-11/h4-5,7-8H,1,6H2,2-3H3/b5-4+,10-7+. The molecule has 1 heteroatoms. The van der Waals surface area contributed by atoms with Crippen LogP contribution in [0.4, 0.5) is 0 Å². The molecule has 0 aromatic carbocycles. The van der Waals surface area contributed by atoms with E-state index in [1.165, 1.54) is 0 Å². The summed E-state index contributed by atoms with van der Waals surface area (Å²) in [6, 6.07) is 0. The molecule has 0 fully saturated rings. The first kappa shape index (κ1) is 9.89. The van der Waals surface area contributed by atoms with Crippen molar-refractivity contribution < 1.29 is 4.79 Å². The lowest BCUT2D eigenvalue weighted by molar-refractivity contribution is -0.104. The van der Waals surface area contributed by atoms with Gasteiger partial charge in [-0.2, -0.15) is 0 Å². The van der Waals surface area contributed by atoms with E-state index in [-0.39, 0.29) is 0 Å². The summed E-state index contributed by atoms with van der Waals surface area (Å²) in [6.45, 7) is 7.59. The number of allylic oxidation sites excluding steroid dienone is 5. The monoisotopic (exact) mass is 150 g/mol. The summed E-state index contributed by atoms with van der Waals surface area (Å²) in [4.78, 5) is 9.99. The summed E-state index contributed by atoms with van der Waals surface area (Å²) >= 11 is 0. The average molecular weight is 150 g/mol. The lowest BCUT2D eigenvalue weighted by Gasteiger charge is -1.90. The molecule has 0 radical (unpaired) electrons. The van der Waals surface area contributed by atoms with Gasteiger partial charge < -0.3 is 0 Å². The Kier molecular flexibility index (Phi) is 5.09. The molecule has 0 N–H and O–H groups in total. The molecule has 0 aliphatic rings. The van der Waals surface area contributed by atoms with Gasteiger partial charge >= 0.3 is 0 Å². The van der Waals surface area contributed by atoms with Crippen molar-refractivity contribution in [2.24, 2.45) is 0 Å². The van der Waals surface area contributed by atoms with Gasteiger partial charge in [0.05, 0.1) is 0 Å². The molecule has 0 aromatic rings. The van der Waals surface area contributed by atoms with Crippen LogP contribution in [0.5, 0.6) is 0 Å². The summed E-state index contributed by atoms with van der Waals surface area (Å²) in [6.07, 6.45) is 7.15. The van der Waals surface area contributed by atoms with E-state index in [4.69, 9.17) is 0 Å². The Hall–Kier alpha value is -1.11. The average Bonchev–Trinajstić information content (AvgIpc) is 1.87. The maximum atomic E-state index is 9.99. The van der Waals surface area contributed by atoms with Gasteiger partial charge in [0.1, 0.15) is 6.29 Å². The van der Waals surface area contributed by atoms with E-state index in [0.29, 0.717) is 0 Å². The van der Waals surface area contributed by atoms with E-state index in [0.717, 1.165) is 23.9 Å². The molecule has 0 aliphatic heterocycles. The van der Waals surface area contributed by atoms with E-state index in [9.17, 15) is 4.79 Å². The second kappa shape index (κ2) is 5.66. The summed E-state index contributed by atoms with van der Waals surface area (Å²) in [7, 11) is 0. The molecule has 0 spiro atoms.